The van der Waals surface area contributed by atoms with Crippen LogP contribution in [-0.4, -0.2) is 20.9 Å². The lowest BCUT2D eigenvalue weighted by atomic mass is 10.1. The maximum atomic E-state index is 13.4. The minimum atomic E-state index is -0.393. The molecular formula is C22H19FN4O. The Labute approximate surface area is 161 Å². The van der Waals surface area contributed by atoms with E-state index in [0.29, 0.717) is 23.3 Å². The molecule has 1 N–H and O–H groups in total. The van der Waals surface area contributed by atoms with Crippen LogP contribution in [0.1, 0.15) is 27.0 Å². The number of aromatic nitrogens is 3. The van der Waals surface area contributed by atoms with Crippen molar-refractivity contribution in [1.82, 2.24) is 15.0 Å². The molecule has 0 aliphatic heterocycles. The topological polar surface area (TPSA) is 59.8 Å². The lowest BCUT2D eigenvalue weighted by molar-refractivity contribution is 0.102. The van der Waals surface area contributed by atoms with Gasteiger partial charge in [0, 0.05) is 11.3 Å². The summed E-state index contributed by atoms with van der Waals surface area (Å²) < 4.78 is 15.2. The Morgan fingerprint density at radius 1 is 1.04 bits per heavy atom. The van der Waals surface area contributed by atoms with Gasteiger partial charge in [0.25, 0.3) is 5.91 Å². The minimum absolute atomic E-state index is 0.316. The van der Waals surface area contributed by atoms with E-state index in [4.69, 9.17) is 0 Å². The summed E-state index contributed by atoms with van der Waals surface area (Å²) in [4.78, 5) is 12.6. The monoisotopic (exact) mass is 374 g/mol. The van der Waals surface area contributed by atoms with Crippen molar-refractivity contribution < 1.29 is 9.18 Å². The minimum Gasteiger partial charge on any atom is -0.322 e. The highest BCUT2D eigenvalue weighted by molar-refractivity contribution is 6.06. The van der Waals surface area contributed by atoms with Crippen LogP contribution in [-0.2, 0) is 6.54 Å². The van der Waals surface area contributed by atoms with E-state index in [9.17, 15) is 9.18 Å². The third-order valence-electron chi connectivity index (χ3n) is 4.68. The Kier molecular flexibility index (Phi) is 4.61. The molecule has 0 saturated heterocycles. The van der Waals surface area contributed by atoms with Gasteiger partial charge in [0.2, 0.25) is 0 Å². The molecule has 3 aromatic carbocycles. The van der Waals surface area contributed by atoms with Crippen molar-refractivity contribution in [2.45, 2.75) is 20.4 Å². The summed E-state index contributed by atoms with van der Waals surface area (Å²) in [6.07, 6.45) is 0. The second kappa shape index (κ2) is 7.23. The van der Waals surface area contributed by atoms with Crippen LogP contribution < -0.4 is 5.32 Å². The average molecular weight is 374 g/mol. The van der Waals surface area contributed by atoms with Crippen molar-refractivity contribution in [1.29, 1.82) is 0 Å². The number of hydrogen-bond acceptors (Lipinski definition) is 3. The SMILES string of the molecule is Cc1ccc(Cn2nnc3cc(C(=O)Nc4cc(F)ccc4C)ccc32)cc1. The molecule has 140 valence electrons. The Bertz CT molecular complexity index is 1170. The van der Waals surface area contributed by atoms with Crippen molar-refractivity contribution in [2.24, 2.45) is 0 Å². The molecule has 0 saturated carbocycles. The predicted octanol–water partition coefficient (Wildman–Crippen LogP) is 4.49. The molecule has 0 bridgehead atoms. The Balaban J connectivity index is 1.57. The van der Waals surface area contributed by atoms with Gasteiger partial charge < -0.3 is 5.32 Å². The average Bonchev–Trinajstić information content (AvgIpc) is 3.08. The van der Waals surface area contributed by atoms with E-state index in [2.05, 4.69) is 39.9 Å². The van der Waals surface area contributed by atoms with Crippen molar-refractivity contribution in [3.63, 3.8) is 0 Å². The highest BCUT2D eigenvalue weighted by Crippen LogP contribution is 2.19. The molecule has 4 rings (SSSR count). The van der Waals surface area contributed by atoms with E-state index in [1.165, 1.54) is 17.7 Å². The Hall–Kier alpha value is -3.54. The first-order valence-electron chi connectivity index (χ1n) is 8.96. The Morgan fingerprint density at radius 3 is 2.61 bits per heavy atom. The summed E-state index contributed by atoms with van der Waals surface area (Å²) in [7, 11) is 0. The quantitative estimate of drug-likeness (QED) is 0.573. The van der Waals surface area contributed by atoms with Crippen molar-refractivity contribution in [2.75, 3.05) is 5.32 Å². The fraction of sp³-hybridized carbons (Fsp3) is 0.136. The maximum Gasteiger partial charge on any atom is 0.255 e. The fourth-order valence-electron chi connectivity index (χ4n) is 3.02. The molecule has 4 aromatic rings. The normalized spacial score (nSPS) is 11.0. The van der Waals surface area contributed by atoms with Crippen LogP contribution in [0.5, 0.6) is 0 Å². The lowest BCUT2D eigenvalue weighted by Crippen LogP contribution is -2.13. The van der Waals surface area contributed by atoms with E-state index in [1.54, 1.807) is 22.9 Å². The summed E-state index contributed by atoms with van der Waals surface area (Å²) in [5.41, 5.74) is 5.50. The molecule has 0 aliphatic rings. The summed E-state index contributed by atoms with van der Waals surface area (Å²) in [5, 5.41) is 11.1. The number of carbonyl (C=O) groups is 1. The van der Waals surface area contributed by atoms with Gasteiger partial charge in [-0.05, 0) is 55.3 Å². The van der Waals surface area contributed by atoms with Gasteiger partial charge in [0.15, 0.2) is 0 Å². The van der Waals surface area contributed by atoms with Gasteiger partial charge in [0.05, 0.1) is 12.1 Å². The number of nitrogens with one attached hydrogen (secondary N) is 1. The first-order valence-corrected chi connectivity index (χ1v) is 8.96. The van der Waals surface area contributed by atoms with Crippen LogP contribution in [0.15, 0.2) is 60.7 Å². The van der Waals surface area contributed by atoms with E-state index >= 15 is 0 Å². The van der Waals surface area contributed by atoms with Crippen LogP contribution in [0.3, 0.4) is 0 Å². The van der Waals surface area contributed by atoms with Crippen LogP contribution in [0.4, 0.5) is 10.1 Å². The number of hydrogen-bond donors (Lipinski definition) is 1. The number of fused-ring (bicyclic) bond motifs is 1. The molecule has 0 radical (unpaired) electrons. The van der Waals surface area contributed by atoms with E-state index in [1.807, 2.05) is 19.9 Å². The maximum absolute atomic E-state index is 13.4. The van der Waals surface area contributed by atoms with E-state index in [0.717, 1.165) is 16.6 Å². The molecule has 0 atom stereocenters. The van der Waals surface area contributed by atoms with Gasteiger partial charge in [-0.2, -0.15) is 0 Å². The number of benzene rings is 3. The van der Waals surface area contributed by atoms with Gasteiger partial charge in [-0.3, -0.25) is 4.79 Å². The number of carbonyl (C=O) groups excluding carboxylic acids is 1. The smallest absolute Gasteiger partial charge is 0.255 e. The summed E-state index contributed by atoms with van der Waals surface area (Å²) in [6.45, 7) is 4.46. The number of rotatable bonds is 4. The first kappa shape index (κ1) is 17.9. The number of nitrogens with zero attached hydrogens (tertiary/aromatic N) is 3. The van der Waals surface area contributed by atoms with Gasteiger partial charge in [-0.1, -0.05) is 41.1 Å². The van der Waals surface area contributed by atoms with Gasteiger partial charge >= 0.3 is 0 Å². The summed E-state index contributed by atoms with van der Waals surface area (Å²) >= 11 is 0. The molecule has 0 unspecified atom stereocenters. The molecular weight excluding hydrogens is 355 g/mol. The molecule has 5 nitrogen and oxygen atoms in total. The van der Waals surface area contributed by atoms with Crippen LogP contribution in [0, 0.1) is 19.7 Å². The largest absolute Gasteiger partial charge is 0.322 e. The molecule has 1 amide bonds. The zero-order chi connectivity index (χ0) is 19.7. The van der Waals surface area contributed by atoms with Crippen molar-refractivity contribution >= 4 is 22.6 Å². The zero-order valence-electron chi connectivity index (χ0n) is 15.6. The van der Waals surface area contributed by atoms with Crippen molar-refractivity contribution in [3.8, 4) is 0 Å². The molecule has 0 aliphatic carbocycles. The molecule has 0 spiro atoms. The molecule has 6 heteroatoms. The molecule has 0 fully saturated rings. The number of amides is 1. The lowest BCUT2D eigenvalue weighted by Gasteiger charge is -2.09. The number of halogens is 1. The molecule has 1 heterocycles. The molecule has 28 heavy (non-hydrogen) atoms. The Morgan fingerprint density at radius 2 is 1.82 bits per heavy atom. The third-order valence-corrected chi connectivity index (χ3v) is 4.68. The highest BCUT2D eigenvalue weighted by Gasteiger charge is 2.12. The third kappa shape index (κ3) is 3.62. The van der Waals surface area contributed by atoms with Crippen molar-refractivity contribution in [3.05, 3.63) is 88.7 Å². The highest BCUT2D eigenvalue weighted by atomic mass is 19.1. The first-order chi connectivity index (χ1) is 13.5. The zero-order valence-corrected chi connectivity index (χ0v) is 15.6. The number of anilines is 1. The molecule has 1 aromatic heterocycles. The van der Waals surface area contributed by atoms with E-state index in [-0.39, 0.29) is 5.91 Å². The van der Waals surface area contributed by atoms with Gasteiger partial charge in [0.1, 0.15) is 11.3 Å². The summed E-state index contributed by atoms with van der Waals surface area (Å²) in [6, 6.07) is 17.8. The van der Waals surface area contributed by atoms with Crippen LogP contribution in [0.2, 0.25) is 0 Å². The number of aryl methyl sites for hydroxylation is 2. The van der Waals surface area contributed by atoms with E-state index < -0.39 is 5.82 Å². The predicted molar refractivity (Wildman–Crippen MR) is 107 cm³/mol. The summed E-state index contributed by atoms with van der Waals surface area (Å²) in [5.74, 6) is -0.709. The fourth-order valence-corrected chi connectivity index (χ4v) is 3.02. The van der Waals surface area contributed by atoms with Gasteiger partial charge in [-0.15, -0.1) is 5.10 Å². The van der Waals surface area contributed by atoms with Gasteiger partial charge in [-0.25, -0.2) is 9.07 Å². The second-order valence-corrected chi connectivity index (χ2v) is 6.85. The van der Waals surface area contributed by atoms with Crippen LogP contribution in [0.25, 0.3) is 11.0 Å². The second-order valence-electron chi connectivity index (χ2n) is 6.85. The van der Waals surface area contributed by atoms with Crippen LogP contribution >= 0.6 is 0 Å². The standard InChI is InChI=1S/C22H19FN4O/c1-14-3-6-16(7-4-14)13-27-21-10-8-17(11-20(21)25-26-27)22(28)24-19-12-18(23)9-5-15(19)2/h3-12H,13H2,1-2H3,(H,24,28).